The van der Waals surface area contributed by atoms with E-state index in [1.54, 1.807) is 10.8 Å². The molecule has 0 aliphatic carbocycles. The zero-order valence-electron chi connectivity index (χ0n) is 23.3. The van der Waals surface area contributed by atoms with Crippen LogP contribution in [0.4, 0.5) is 28.4 Å². The monoisotopic (exact) mass is 504 g/mol. The lowest BCUT2D eigenvalue weighted by atomic mass is 10.0. The summed E-state index contributed by atoms with van der Waals surface area (Å²) < 4.78 is 107. The molecule has 0 aliphatic rings. The Balaban J connectivity index is 2.01. The first-order chi connectivity index (χ1) is 18.4. The summed E-state index contributed by atoms with van der Waals surface area (Å²) in [6, 6.07) is 4.15. The first kappa shape index (κ1) is 17.7. The summed E-state index contributed by atoms with van der Waals surface area (Å²) in [7, 11) is -3.02. The molecule has 8 nitrogen and oxygen atoms in total. The van der Waals surface area contributed by atoms with Crippen LogP contribution in [-0.2, 0) is 4.84 Å². The van der Waals surface area contributed by atoms with Gasteiger partial charge in [0.1, 0.15) is 16.3 Å². The highest BCUT2D eigenvalue weighted by Gasteiger charge is 2.30. The quantitative estimate of drug-likeness (QED) is 0.287. The summed E-state index contributed by atoms with van der Waals surface area (Å²) in [5, 5.41) is 1.67. The van der Waals surface area contributed by atoms with Crippen LogP contribution in [0.2, 0.25) is 0 Å². The van der Waals surface area contributed by atoms with E-state index in [4.69, 9.17) is 8.22 Å². The number of hydroxylamine groups is 1. The van der Waals surface area contributed by atoms with Crippen LogP contribution in [0.25, 0.3) is 11.1 Å². The number of benzene rings is 2. The molecule has 13 heteroatoms. The summed E-state index contributed by atoms with van der Waals surface area (Å²) in [6.45, 7) is 0. The summed E-state index contributed by atoms with van der Waals surface area (Å²) in [6.07, 6.45) is 0. The van der Waals surface area contributed by atoms with Gasteiger partial charge in [0.05, 0.1) is 27.9 Å². The first-order valence-electron chi connectivity index (χ1n) is 12.0. The number of hydrogen-bond donors (Lipinski definition) is 2. The van der Waals surface area contributed by atoms with Crippen molar-refractivity contribution in [3.8, 4) is 16.9 Å². The number of carbonyl (C=O) groups excluding carboxylic acids is 2. The van der Waals surface area contributed by atoms with Gasteiger partial charge in [-0.2, -0.15) is 0 Å². The van der Waals surface area contributed by atoms with Crippen molar-refractivity contribution in [2.45, 2.75) is 0 Å². The number of nitrogens with zero attached hydrogens (tertiary/aromatic N) is 2. The molecule has 0 fully saturated rings. The third kappa shape index (κ3) is 4.65. The maximum atomic E-state index is 15.0. The van der Waals surface area contributed by atoms with Gasteiger partial charge in [-0.15, -0.1) is 0 Å². The van der Waals surface area contributed by atoms with Crippen molar-refractivity contribution in [2.75, 3.05) is 38.4 Å². The Bertz CT molecular complexity index is 1440. The number of anilines is 2. The van der Waals surface area contributed by atoms with Crippen molar-refractivity contribution in [3.05, 3.63) is 58.1 Å². The Morgan fingerprint density at radius 3 is 2.38 bits per heavy atom. The van der Waals surface area contributed by atoms with Gasteiger partial charge in [0.15, 0.2) is 34.1 Å². The fraction of sp³-hybridized carbons (Fsp3) is 0.190. The third-order valence-corrected chi connectivity index (χ3v) is 5.53. The summed E-state index contributed by atoms with van der Waals surface area (Å²) in [4.78, 5) is 34.2. The number of carbonyl (C=O) groups is 2. The van der Waals surface area contributed by atoms with E-state index >= 15 is 8.78 Å². The van der Waals surface area contributed by atoms with Gasteiger partial charge in [-0.3, -0.25) is 14.4 Å². The number of thiazole rings is 1. The number of hydrogen-bond acceptors (Lipinski definition) is 7. The molecule has 3 aromatic rings. The Labute approximate surface area is 203 Å². The smallest absolute Gasteiger partial charge is 0.287 e. The van der Waals surface area contributed by atoms with E-state index in [0.29, 0.717) is 11.3 Å². The molecule has 0 aliphatic heterocycles. The van der Waals surface area contributed by atoms with Crippen molar-refractivity contribution in [1.82, 2.24) is 10.5 Å². The van der Waals surface area contributed by atoms with E-state index in [0.717, 1.165) is 24.3 Å². The van der Waals surface area contributed by atoms with Crippen molar-refractivity contribution < 1.29 is 44.9 Å². The first-order valence-corrected chi connectivity index (χ1v) is 9.84. The predicted molar refractivity (Wildman–Crippen MR) is 117 cm³/mol. The molecule has 2 aromatic carbocycles. The van der Waals surface area contributed by atoms with Crippen molar-refractivity contribution in [3.63, 3.8) is 0 Å². The minimum atomic E-state index is -3.05. The average Bonchev–Trinajstić information content (AvgIpc) is 3.29. The van der Waals surface area contributed by atoms with Crippen LogP contribution in [0.15, 0.2) is 24.3 Å². The standard InChI is InChI=1S/C21H18F4N4O4S/c1-29(2)21-27-17(18(34-21)20(31)28-33-4)19(30)26-16-14(24)12(22)11(13(23)15(16)25)9-6-5-7-10(8-9)32-3/h5-8H,1-4H3,(H,26,30)(H,28,31)/i3D3,4D3. The predicted octanol–water partition coefficient (Wildman–Crippen LogP) is 3.98. The average molecular weight is 504 g/mol. The van der Waals surface area contributed by atoms with Gasteiger partial charge in [0.2, 0.25) is 0 Å². The second kappa shape index (κ2) is 10.1. The van der Waals surface area contributed by atoms with Crippen LogP contribution < -0.4 is 20.4 Å². The van der Waals surface area contributed by atoms with E-state index in [-0.39, 0.29) is 10.9 Å². The van der Waals surface area contributed by atoms with E-state index in [1.165, 1.54) is 19.0 Å². The molecule has 0 atom stereocenters. The highest BCUT2D eigenvalue weighted by atomic mass is 32.1. The fourth-order valence-corrected chi connectivity index (χ4v) is 3.65. The Kier molecular flexibility index (Phi) is 5.24. The van der Waals surface area contributed by atoms with E-state index in [1.807, 2.05) is 0 Å². The lowest BCUT2D eigenvalue weighted by Crippen LogP contribution is -2.25. The van der Waals surface area contributed by atoms with Crippen LogP contribution in [0.3, 0.4) is 0 Å². The molecule has 34 heavy (non-hydrogen) atoms. The zero-order valence-corrected chi connectivity index (χ0v) is 18.1. The molecule has 0 radical (unpaired) electrons. The fourth-order valence-electron chi connectivity index (χ4n) is 2.78. The van der Waals surface area contributed by atoms with Crippen LogP contribution in [0.5, 0.6) is 5.75 Å². The Morgan fingerprint density at radius 1 is 1.06 bits per heavy atom. The normalized spacial score (nSPS) is 14.1. The number of nitrogens with one attached hydrogen (secondary N) is 2. The van der Waals surface area contributed by atoms with Crippen LogP contribution in [-0.4, -0.2) is 45.0 Å². The van der Waals surface area contributed by atoms with Crippen molar-refractivity contribution in [2.24, 2.45) is 0 Å². The van der Waals surface area contributed by atoms with Gasteiger partial charge in [-0.1, -0.05) is 23.5 Å². The molecule has 2 amide bonds. The molecule has 0 saturated heterocycles. The molecule has 1 heterocycles. The van der Waals surface area contributed by atoms with Crippen LogP contribution >= 0.6 is 11.3 Å². The molecule has 0 unspecified atom stereocenters. The van der Waals surface area contributed by atoms with Gasteiger partial charge >= 0.3 is 0 Å². The number of ether oxygens (including phenoxy) is 1. The minimum absolute atomic E-state index is 0.0250. The number of amides is 2. The molecular formula is C21H18F4N4O4S. The zero-order chi connectivity index (χ0) is 30.2. The topological polar surface area (TPSA) is 92.8 Å². The number of rotatable bonds is 7. The van der Waals surface area contributed by atoms with Gasteiger partial charge < -0.3 is 15.0 Å². The van der Waals surface area contributed by atoms with E-state index in [9.17, 15) is 18.4 Å². The maximum absolute atomic E-state index is 15.0. The summed E-state index contributed by atoms with van der Waals surface area (Å²) in [5.41, 5.74) is -2.42. The van der Waals surface area contributed by atoms with Crippen molar-refractivity contribution >= 4 is 34.0 Å². The Hall–Kier alpha value is -3.71. The van der Waals surface area contributed by atoms with Crippen molar-refractivity contribution in [1.29, 1.82) is 0 Å². The molecule has 1 aromatic heterocycles. The largest absolute Gasteiger partial charge is 0.497 e. The van der Waals surface area contributed by atoms with Gasteiger partial charge in [0.25, 0.3) is 11.8 Å². The van der Waals surface area contributed by atoms with E-state index in [2.05, 4.69) is 14.6 Å². The SMILES string of the molecule is [2H]C([2H])([2H])ONC(=O)c1sc(N(C)C)nc1C(=O)Nc1c(F)c(F)c(-c2cccc(OC([2H])([2H])[2H])c2)c(F)c1F. The van der Waals surface area contributed by atoms with E-state index < -0.39 is 76.5 Å². The van der Waals surface area contributed by atoms with Crippen LogP contribution in [0.1, 0.15) is 28.4 Å². The second-order valence-electron chi connectivity index (χ2n) is 6.69. The maximum Gasteiger partial charge on any atom is 0.287 e. The number of halogens is 4. The number of methoxy groups -OCH3 is 1. The van der Waals surface area contributed by atoms with Gasteiger partial charge in [-0.25, -0.2) is 28.0 Å². The highest BCUT2D eigenvalue weighted by Crippen LogP contribution is 2.36. The lowest BCUT2D eigenvalue weighted by molar-refractivity contribution is 0.0539. The molecule has 0 bridgehead atoms. The molecule has 3 rings (SSSR count). The molecule has 0 spiro atoms. The highest BCUT2D eigenvalue weighted by molar-refractivity contribution is 7.17. The third-order valence-electron chi connectivity index (χ3n) is 4.31. The molecule has 180 valence electrons. The van der Waals surface area contributed by atoms with Crippen LogP contribution in [0, 0.1) is 23.3 Å². The molecule has 2 N–H and O–H groups in total. The Morgan fingerprint density at radius 2 is 1.76 bits per heavy atom. The molecule has 0 saturated carbocycles. The van der Waals surface area contributed by atoms with Gasteiger partial charge in [0, 0.05) is 14.1 Å². The molecular weight excluding hydrogens is 480 g/mol. The summed E-state index contributed by atoms with van der Waals surface area (Å²) in [5.74, 6) is -11.0. The lowest BCUT2D eigenvalue weighted by Gasteiger charge is -2.13. The minimum Gasteiger partial charge on any atom is -0.497 e. The summed E-state index contributed by atoms with van der Waals surface area (Å²) >= 11 is 0.575. The second-order valence-corrected chi connectivity index (χ2v) is 7.67. The van der Waals surface area contributed by atoms with Gasteiger partial charge in [-0.05, 0) is 17.7 Å². The number of aromatic nitrogens is 1.